The predicted octanol–water partition coefficient (Wildman–Crippen LogP) is 3.77. The number of aryl methyl sites for hydroxylation is 1. The summed E-state index contributed by atoms with van der Waals surface area (Å²) in [6.07, 6.45) is 5.33. The molecular weight excluding hydrogens is 238 g/mol. The van der Waals surface area contributed by atoms with Crippen molar-refractivity contribution in [2.45, 2.75) is 45.6 Å². The fraction of sp³-hybridized carbons (Fsp3) is 0.562. The third-order valence-electron chi connectivity index (χ3n) is 3.97. The molecule has 0 aliphatic heterocycles. The summed E-state index contributed by atoms with van der Waals surface area (Å²) in [4.78, 5) is 11.5. The number of hydrogen-bond donors (Lipinski definition) is 1. The first-order valence-electron chi connectivity index (χ1n) is 7.05. The molecule has 0 radical (unpaired) electrons. The zero-order valence-corrected chi connectivity index (χ0v) is 12.0. The Labute approximate surface area is 115 Å². The van der Waals surface area contributed by atoms with Crippen molar-refractivity contribution < 1.29 is 9.53 Å². The van der Waals surface area contributed by atoms with Gasteiger partial charge in [0.2, 0.25) is 0 Å². The highest BCUT2D eigenvalue weighted by Gasteiger charge is 2.20. The van der Waals surface area contributed by atoms with Gasteiger partial charge in [0.25, 0.3) is 0 Å². The number of nitrogens with one attached hydrogen (secondary N) is 1. The van der Waals surface area contributed by atoms with Gasteiger partial charge in [-0.1, -0.05) is 25.3 Å². The molecule has 19 heavy (non-hydrogen) atoms. The summed E-state index contributed by atoms with van der Waals surface area (Å²) in [5.41, 5.74) is 2.80. The first-order chi connectivity index (χ1) is 9.10. The average Bonchev–Trinajstić information content (AvgIpc) is 2.35. The number of rotatable bonds is 5. The molecule has 104 valence electrons. The lowest BCUT2D eigenvalue weighted by molar-refractivity contribution is 0.0601. The topological polar surface area (TPSA) is 38.3 Å². The Kier molecular flexibility index (Phi) is 4.46. The van der Waals surface area contributed by atoms with Crippen LogP contribution in [0.4, 0.5) is 5.69 Å². The van der Waals surface area contributed by atoms with E-state index in [1.807, 2.05) is 18.2 Å². The van der Waals surface area contributed by atoms with Gasteiger partial charge in [0, 0.05) is 11.7 Å². The minimum atomic E-state index is -0.283. The van der Waals surface area contributed by atoms with E-state index in [9.17, 15) is 4.79 Å². The Balaban J connectivity index is 2.03. The zero-order chi connectivity index (χ0) is 13.8. The van der Waals surface area contributed by atoms with Gasteiger partial charge in [-0.25, -0.2) is 4.79 Å². The lowest BCUT2D eigenvalue weighted by atomic mass is 9.81. The minimum absolute atomic E-state index is 0.283. The van der Waals surface area contributed by atoms with Crippen LogP contribution in [-0.4, -0.2) is 19.1 Å². The molecular formula is C16H23NO2. The van der Waals surface area contributed by atoms with Crippen LogP contribution < -0.4 is 5.32 Å². The number of esters is 1. The van der Waals surface area contributed by atoms with E-state index in [-0.39, 0.29) is 5.97 Å². The fourth-order valence-electron chi connectivity index (χ4n) is 2.58. The van der Waals surface area contributed by atoms with Gasteiger partial charge < -0.3 is 10.1 Å². The van der Waals surface area contributed by atoms with E-state index in [4.69, 9.17) is 4.74 Å². The van der Waals surface area contributed by atoms with Crippen LogP contribution in [0, 0.1) is 12.8 Å². The third-order valence-corrected chi connectivity index (χ3v) is 3.97. The van der Waals surface area contributed by atoms with E-state index >= 15 is 0 Å². The molecule has 1 aliphatic rings. The van der Waals surface area contributed by atoms with E-state index in [1.165, 1.54) is 32.8 Å². The summed E-state index contributed by atoms with van der Waals surface area (Å²) in [6.45, 7) is 4.27. The number of carbonyl (C=O) groups is 1. The maximum Gasteiger partial charge on any atom is 0.337 e. The van der Waals surface area contributed by atoms with Crippen molar-refractivity contribution in [3.05, 3.63) is 29.3 Å². The molecule has 1 atom stereocenters. The Morgan fingerprint density at radius 1 is 1.47 bits per heavy atom. The molecule has 2 rings (SSSR count). The van der Waals surface area contributed by atoms with E-state index in [0.29, 0.717) is 11.6 Å². The highest BCUT2D eigenvalue weighted by molar-refractivity contribution is 5.90. The lowest BCUT2D eigenvalue weighted by Gasteiger charge is -2.29. The summed E-state index contributed by atoms with van der Waals surface area (Å²) in [6, 6.07) is 6.10. The number of anilines is 1. The standard InChI is InChI=1S/C16H23NO2/c1-11-7-8-14(16(18)19-3)10-15(11)17-12(2)9-13-5-4-6-13/h7-8,10,12-13,17H,4-6,9H2,1-3H3. The highest BCUT2D eigenvalue weighted by Crippen LogP contribution is 2.31. The summed E-state index contributed by atoms with van der Waals surface area (Å²) in [5, 5.41) is 3.52. The SMILES string of the molecule is COC(=O)c1ccc(C)c(NC(C)CC2CCC2)c1. The molecule has 1 aromatic carbocycles. The van der Waals surface area contributed by atoms with E-state index < -0.39 is 0 Å². The third kappa shape index (κ3) is 3.49. The molecule has 0 bridgehead atoms. The Morgan fingerprint density at radius 2 is 2.21 bits per heavy atom. The number of ether oxygens (including phenoxy) is 1. The molecule has 1 fully saturated rings. The van der Waals surface area contributed by atoms with Gasteiger partial charge in [0.1, 0.15) is 0 Å². The van der Waals surface area contributed by atoms with Gasteiger partial charge in [-0.3, -0.25) is 0 Å². The van der Waals surface area contributed by atoms with Crippen LogP contribution in [0.2, 0.25) is 0 Å². The van der Waals surface area contributed by atoms with Gasteiger partial charge in [-0.2, -0.15) is 0 Å². The molecule has 3 nitrogen and oxygen atoms in total. The Morgan fingerprint density at radius 3 is 2.79 bits per heavy atom. The van der Waals surface area contributed by atoms with Gasteiger partial charge in [-0.15, -0.1) is 0 Å². The maximum absolute atomic E-state index is 11.5. The van der Waals surface area contributed by atoms with Gasteiger partial charge in [-0.05, 0) is 43.9 Å². The highest BCUT2D eigenvalue weighted by atomic mass is 16.5. The van der Waals surface area contributed by atoms with Crippen molar-refractivity contribution in [1.82, 2.24) is 0 Å². The van der Waals surface area contributed by atoms with Crippen LogP contribution in [0.1, 0.15) is 48.5 Å². The molecule has 0 aromatic heterocycles. The lowest BCUT2D eigenvalue weighted by Crippen LogP contribution is -2.23. The summed E-state index contributed by atoms with van der Waals surface area (Å²) >= 11 is 0. The van der Waals surface area contributed by atoms with Gasteiger partial charge >= 0.3 is 5.97 Å². The van der Waals surface area contributed by atoms with Crippen LogP contribution in [0.5, 0.6) is 0 Å². The smallest absolute Gasteiger partial charge is 0.337 e. The van der Waals surface area contributed by atoms with Crippen molar-refractivity contribution in [3.63, 3.8) is 0 Å². The van der Waals surface area contributed by atoms with Crippen molar-refractivity contribution in [2.75, 3.05) is 12.4 Å². The van der Waals surface area contributed by atoms with Gasteiger partial charge in [0.15, 0.2) is 0 Å². The summed E-state index contributed by atoms with van der Waals surface area (Å²) in [7, 11) is 1.41. The summed E-state index contributed by atoms with van der Waals surface area (Å²) < 4.78 is 4.76. The first kappa shape index (κ1) is 13.9. The largest absolute Gasteiger partial charge is 0.465 e. The number of hydrogen-bond acceptors (Lipinski definition) is 3. The molecule has 3 heteroatoms. The molecule has 0 heterocycles. The van der Waals surface area contributed by atoms with E-state index in [1.54, 1.807) is 0 Å². The maximum atomic E-state index is 11.5. The Bertz CT molecular complexity index is 452. The monoisotopic (exact) mass is 261 g/mol. The van der Waals surface area contributed by atoms with Crippen molar-refractivity contribution in [2.24, 2.45) is 5.92 Å². The second-order valence-corrected chi connectivity index (χ2v) is 5.60. The molecule has 1 aromatic rings. The number of carbonyl (C=O) groups excluding carboxylic acids is 1. The average molecular weight is 261 g/mol. The zero-order valence-electron chi connectivity index (χ0n) is 12.0. The van der Waals surface area contributed by atoms with E-state index in [2.05, 4.69) is 19.2 Å². The van der Waals surface area contributed by atoms with Crippen molar-refractivity contribution in [1.29, 1.82) is 0 Å². The molecule has 0 saturated heterocycles. The predicted molar refractivity (Wildman–Crippen MR) is 77.6 cm³/mol. The molecule has 1 unspecified atom stereocenters. The molecule has 1 saturated carbocycles. The molecule has 0 amide bonds. The molecule has 1 aliphatic carbocycles. The number of benzene rings is 1. The molecule has 1 N–H and O–H groups in total. The van der Waals surface area contributed by atoms with Crippen LogP contribution in [0.25, 0.3) is 0 Å². The van der Waals surface area contributed by atoms with Crippen LogP contribution >= 0.6 is 0 Å². The fourth-order valence-corrected chi connectivity index (χ4v) is 2.58. The van der Waals surface area contributed by atoms with Gasteiger partial charge in [0.05, 0.1) is 12.7 Å². The van der Waals surface area contributed by atoms with E-state index in [0.717, 1.165) is 17.2 Å². The van der Waals surface area contributed by atoms with Crippen molar-refractivity contribution >= 4 is 11.7 Å². The van der Waals surface area contributed by atoms with Crippen molar-refractivity contribution in [3.8, 4) is 0 Å². The number of methoxy groups -OCH3 is 1. The van der Waals surface area contributed by atoms with Crippen LogP contribution in [0.3, 0.4) is 0 Å². The molecule has 0 spiro atoms. The Hall–Kier alpha value is -1.51. The first-order valence-corrected chi connectivity index (χ1v) is 7.05. The quantitative estimate of drug-likeness (QED) is 0.820. The van der Waals surface area contributed by atoms with Crippen LogP contribution in [0.15, 0.2) is 18.2 Å². The minimum Gasteiger partial charge on any atom is -0.465 e. The van der Waals surface area contributed by atoms with Crippen LogP contribution in [-0.2, 0) is 4.74 Å². The second-order valence-electron chi connectivity index (χ2n) is 5.60. The normalized spacial score (nSPS) is 16.6. The summed E-state index contributed by atoms with van der Waals surface area (Å²) in [5.74, 6) is 0.598. The second kappa shape index (κ2) is 6.09.